The highest BCUT2D eigenvalue weighted by atomic mass is 16.5. The molecule has 0 heterocycles. The lowest BCUT2D eigenvalue weighted by molar-refractivity contribution is -0.115. The van der Waals surface area contributed by atoms with E-state index in [9.17, 15) is 14.7 Å². The van der Waals surface area contributed by atoms with Crippen molar-refractivity contribution in [3.8, 4) is 17.2 Å². The molecule has 0 aromatic heterocycles. The van der Waals surface area contributed by atoms with Crippen molar-refractivity contribution in [1.82, 2.24) is 0 Å². The molecular formula is C25H23NO5. The third-order valence-electron chi connectivity index (χ3n) is 4.44. The van der Waals surface area contributed by atoms with Crippen molar-refractivity contribution in [3.63, 3.8) is 0 Å². The normalized spacial score (nSPS) is 10.2. The van der Waals surface area contributed by atoms with Crippen LogP contribution in [-0.2, 0) is 4.79 Å². The SMILES string of the molecule is C=CCCOc1ccc(Oc2ccc(N(C(C)=O)c3ccccc3C(=O)O)cc2)cc1. The van der Waals surface area contributed by atoms with Crippen LogP contribution in [0.2, 0.25) is 0 Å². The van der Waals surface area contributed by atoms with E-state index < -0.39 is 5.97 Å². The van der Waals surface area contributed by atoms with E-state index in [2.05, 4.69) is 6.58 Å². The van der Waals surface area contributed by atoms with Crippen molar-refractivity contribution in [2.45, 2.75) is 13.3 Å². The minimum absolute atomic E-state index is 0.0495. The first-order chi connectivity index (χ1) is 15.0. The maximum absolute atomic E-state index is 12.3. The Labute approximate surface area is 181 Å². The van der Waals surface area contributed by atoms with E-state index in [1.54, 1.807) is 48.5 Å². The number of carboxylic acids is 1. The van der Waals surface area contributed by atoms with Gasteiger partial charge in [-0.15, -0.1) is 6.58 Å². The molecule has 0 aliphatic rings. The Morgan fingerprint density at radius 2 is 1.52 bits per heavy atom. The summed E-state index contributed by atoms with van der Waals surface area (Å²) in [6.07, 6.45) is 2.58. The highest BCUT2D eigenvalue weighted by molar-refractivity contribution is 6.05. The molecule has 6 heteroatoms. The van der Waals surface area contributed by atoms with E-state index in [4.69, 9.17) is 9.47 Å². The predicted molar refractivity (Wildman–Crippen MR) is 119 cm³/mol. The Bertz CT molecular complexity index is 1060. The number of nitrogens with zero attached hydrogens (tertiary/aromatic N) is 1. The first-order valence-electron chi connectivity index (χ1n) is 9.74. The fourth-order valence-corrected chi connectivity index (χ4v) is 3.00. The van der Waals surface area contributed by atoms with Crippen molar-refractivity contribution >= 4 is 23.3 Å². The third kappa shape index (κ3) is 5.51. The molecule has 6 nitrogen and oxygen atoms in total. The van der Waals surface area contributed by atoms with E-state index in [1.807, 2.05) is 24.3 Å². The minimum atomic E-state index is -1.10. The highest BCUT2D eigenvalue weighted by Crippen LogP contribution is 2.31. The fourth-order valence-electron chi connectivity index (χ4n) is 3.00. The van der Waals surface area contributed by atoms with E-state index in [-0.39, 0.29) is 11.5 Å². The summed E-state index contributed by atoms with van der Waals surface area (Å²) in [5, 5.41) is 9.46. The van der Waals surface area contributed by atoms with Gasteiger partial charge in [-0.1, -0.05) is 18.2 Å². The molecule has 0 fully saturated rings. The Kier molecular flexibility index (Phi) is 7.06. The van der Waals surface area contributed by atoms with Gasteiger partial charge >= 0.3 is 5.97 Å². The molecule has 3 rings (SSSR count). The number of anilines is 2. The van der Waals surface area contributed by atoms with Crippen LogP contribution in [0.5, 0.6) is 17.2 Å². The second-order valence-electron chi connectivity index (χ2n) is 6.67. The van der Waals surface area contributed by atoms with Crippen LogP contribution in [0.4, 0.5) is 11.4 Å². The number of carbonyl (C=O) groups is 2. The summed E-state index contributed by atoms with van der Waals surface area (Å²) in [5.74, 6) is 0.578. The average molecular weight is 417 g/mol. The number of rotatable bonds is 9. The number of carbonyl (C=O) groups excluding carboxylic acids is 1. The molecule has 0 bridgehead atoms. The van der Waals surface area contributed by atoms with Gasteiger partial charge in [-0.05, 0) is 67.1 Å². The zero-order valence-electron chi connectivity index (χ0n) is 17.2. The number of amides is 1. The Morgan fingerprint density at radius 3 is 2.10 bits per heavy atom. The number of hydrogen-bond acceptors (Lipinski definition) is 4. The lowest BCUT2D eigenvalue weighted by Crippen LogP contribution is -2.24. The molecule has 1 amide bonds. The largest absolute Gasteiger partial charge is 0.493 e. The molecule has 0 unspecified atom stereocenters. The Morgan fingerprint density at radius 1 is 0.935 bits per heavy atom. The van der Waals surface area contributed by atoms with Crippen LogP contribution in [0.3, 0.4) is 0 Å². The molecule has 0 saturated heterocycles. The quantitative estimate of drug-likeness (QED) is 0.351. The van der Waals surface area contributed by atoms with Gasteiger partial charge in [0.1, 0.15) is 17.2 Å². The second kappa shape index (κ2) is 10.1. The highest BCUT2D eigenvalue weighted by Gasteiger charge is 2.20. The summed E-state index contributed by atoms with van der Waals surface area (Å²) < 4.78 is 11.4. The first kappa shape index (κ1) is 21.6. The lowest BCUT2D eigenvalue weighted by Gasteiger charge is -2.23. The van der Waals surface area contributed by atoms with Crippen LogP contribution >= 0.6 is 0 Å². The summed E-state index contributed by atoms with van der Waals surface area (Å²) in [6.45, 7) is 5.62. The topological polar surface area (TPSA) is 76.1 Å². The van der Waals surface area contributed by atoms with E-state index in [1.165, 1.54) is 17.9 Å². The molecule has 0 atom stereocenters. The number of aromatic carboxylic acids is 1. The minimum Gasteiger partial charge on any atom is -0.493 e. The number of ether oxygens (including phenoxy) is 2. The van der Waals surface area contributed by atoms with Crippen LogP contribution in [0, 0.1) is 0 Å². The fraction of sp³-hybridized carbons (Fsp3) is 0.120. The molecule has 1 N–H and O–H groups in total. The van der Waals surface area contributed by atoms with Crippen LogP contribution in [0.1, 0.15) is 23.7 Å². The number of carboxylic acid groups (broad SMARTS) is 1. The number of para-hydroxylation sites is 1. The molecule has 0 radical (unpaired) electrons. The van der Waals surface area contributed by atoms with Gasteiger partial charge < -0.3 is 14.6 Å². The van der Waals surface area contributed by atoms with Crippen molar-refractivity contribution in [2.24, 2.45) is 0 Å². The molecule has 31 heavy (non-hydrogen) atoms. The van der Waals surface area contributed by atoms with Gasteiger partial charge in [0.25, 0.3) is 0 Å². The summed E-state index contributed by atoms with van der Waals surface area (Å²) in [4.78, 5) is 25.2. The van der Waals surface area contributed by atoms with E-state index >= 15 is 0 Å². The van der Waals surface area contributed by atoms with Gasteiger partial charge in [-0.25, -0.2) is 4.79 Å². The molecule has 0 aliphatic heterocycles. The average Bonchev–Trinajstić information content (AvgIpc) is 2.76. The molecule has 3 aromatic rings. The molecule has 0 saturated carbocycles. The van der Waals surface area contributed by atoms with Crippen LogP contribution in [-0.4, -0.2) is 23.6 Å². The van der Waals surface area contributed by atoms with Gasteiger partial charge in [0, 0.05) is 12.6 Å². The third-order valence-corrected chi connectivity index (χ3v) is 4.44. The summed E-state index contributed by atoms with van der Waals surface area (Å²) >= 11 is 0. The number of benzene rings is 3. The van der Waals surface area contributed by atoms with Crippen LogP contribution in [0.25, 0.3) is 0 Å². The molecule has 0 aliphatic carbocycles. The van der Waals surface area contributed by atoms with Gasteiger partial charge in [0.15, 0.2) is 0 Å². The van der Waals surface area contributed by atoms with Gasteiger partial charge in [0.2, 0.25) is 5.91 Å². The van der Waals surface area contributed by atoms with Crippen molar-refractivity contribution in [2.75, 3.05) is 11.5 Å². The number of hydrogen-bond donors (Lipinski definition) is 1. The second-order valence-corrected chi connectivity index (χ2v) is 6.67. The van der Waals surface area contributed by atoms with Gasteiger partial charge in [-0.2, -0.15) is 0 Å². The summed E-state index contributed by atoms with van der Waals surface area (Å²) in [5.41, 5.74) is 0.899. The Balaban J connectivity index is 1.76. The summed E-state index contributed by atoms with van der Waals surface area (Å²) in [7, 11) is 0. The monoisotopic (exact) mass is 417 g/mol. The van der Waals surface area contributed by atoms with Gasteiger partial charge in [0.05, 0.1) is 17.9 Å². The smallest absolute Gasteiger partial charge is 0.337 e. The molecular weight excluding hydrogens is 394 g/mol. The maximum Gasteiger partial charge on any atom is 0.337 e. The summed E-state index contributed by atoms with van der Waals surface area (Å²) in [6, 6.07) is 20.5. The van der Waals surface area contributed by atoms with Crippen LogP contribution in [0.15, 0.2) is 85.5 Å². The zero-order valence-corrected chi connectivity index (χ0v) is 17.2. The van der Waals surface area contributed by atoms with Crippen LogP contribution < -0.4 is 14.4 Å². The molecule has 0 spiro atoms. The van der Waals surface area contributed by atoms with E-state index in [0.29, 0.717) is 29.5 Å². The molecule has 3 aromatic carbocycles. The molecule has 158 valence electrons. The van der Waals surface area contributed by atoms with Crippen molar-refractivity contribution < 1.29 is 24.2 Å². The lowest BCUT2D eigenvalue weighted by atomic mass is 10.1. The maximum atomic E-state index is 12.3. The standard InChI is InChI=1S/C25H23NO5/c1-3-4-17-30-20-13-15-22(16-14-20)31-21-11-9-19(10-12-21)26(18(2)27)24-8-6-5-7-23(24)25(28)29/h3,5-16H,1,4,17H2,2H3,(H,28,29). The van der Waals surface area contributed by atoms with Crippen molar-refractivity contribution in [1.29, 1.82) is 0 Å². The zero-order chi connectivity index (χ0) is 22.2. The van der Waals surface area contributed by atoms with Gasteiger partial charge in [-0.3, -0.25) is 9.69 Å². The Hall–Kier alpha value is -4.06. The van der Waals surface area contributed by atoms with E-state index in [0.717, 1.165) is 12.2 Å². The first-order valence-corrected chi connectivity index (χ1v) is 9.74. The van der Waals surface area contributed by atoms with Crippen molar-refractivity contribution in [3.05, 3.63) is 91.0 Å². The predicted octanol–water partition coefficient (Wildman–Crippen LogP) is 5.82.